The van der Waals surface area contributed by atoms with Gasteiger partial charge < -0.3 is 4.90 Å². The first-order chi connectivity index (χ1) is 8.93. The van der Waals surface area contributed by atoms with E-state index in [1.165, 1.54) is 0 Å². The quantitative estimate of drug-likeness (QED) is 0.846. The standard InChI is InChI=1S/C14H19NO3S/c1-3-15(13-7-8-19(17,18)10-13)14(16)12-6-4-5-11(2)9-12/h4-6,9,13H,3,7-8,10H2,1-2H3. The Kier molecular flexibility index (Phi) is 3.94. The number of benzene rings is 1. The molecule has 0 saturated carbocycles. The number of hydrogen-bond acceptors (Lipinski definition) is 3. The molecule has 4 nitrogen and oxygen atoms in total. The molecule has 1 aliphatic rings. The zero-order valence-electron chi connectivity index (χ0n) is 11.3. The first-order valence-corrected chi connectivity index (χ1v) is 8.33. The van der Waals surface area contributed by atoms with Crippen molar-refractivity contribution in [3.63, 3.8) is 0 Å². The number of sulfone groups is 1. The minimum absolute atomic E-state index is 0.0756. The molecule has 1 amide bonds. The lowest BCUT2D eigenvalue weighted by atomic mass is 10.1. The number of aryl methyl sites for hydroxylation is 1. The van der Waals surface area contributed by atoms with Crippen molar-refractivity contribution in [2.24, 2.45) is 0 Å². The maximum atomic E-state index is 12.5. The van der Waals surface area contributed by atoms with Crippen LogP contribution < -0.4 is 0 Å². The van der Waals surface area contributed by atoms with E-state index in [0.29, 0.717) is 18.5 Å². The summed E-state index contributed by atoms with van der Waals surface area (Å²) in [6.45, 7) is 4.36. The van der Waals surface area contributed by atoms with Gasteiger partial charge in [-0.1, -0.05) is 17.7 Å². The summed E-state index contributed by atoms with van der Waals surface area (Å²) in [5.74, 6) is 0.210. The van der Waals surface area contributed by atoms with Crippen molar-refractivity contribution in [2.45, 2.75) is 26.3 Å². The number of carbonyl (C=O) groups excluding carboxylic acids is 1. The van der Waals surface area contributed by atoms with Gasteiger partial charge in [0.25, 0.3) is 5.91 Å². The third-order valence-corrected chi connectivity index (χ3v) is 5.27. The van der Waals surface area contributed by atoms with Crippen LogP contribution in [-0.2, 0) is 9.84 Å². The normalized spacial score (nSPS) is 21.3. The fourth-order valence-electron chi connectivity index (χ4n) is 2.53. The second-order valence-electron chi connectivity index (χ2n) is 5.02. The molecular formula is C14H19NO3S. The van der Waals surface area contributed by atoms with E-state index < -0.39 is 9.84 Å². The zero-order valence-corrected chi connectivity index (χ0v) is 12.1. The molecule has 1 fully saturated rings. The number of carbonyl (C=O) groups is 1. The Labute approximate surface area is 114 Å². The van der Waals surface area contributed by atoms with Crippen molar-refractivity contribution in [2.75, 3.05) is 18.1 Å². The SMILES string of the molecule is CCN(C(=O)c1cccc(C)c1)C1CCS(=O)(=O)C1. The molecule has 2 rings (SSSR count). The second-order valence-corrected chi connectivity index (χ2v) is 7.25. The number of nitrogens with zero attached hydrogens (tertiary/aromatic N) is 1. The molecule has 0 bridgehead atoms. The van der Waals surface area contributed by atoms with E-state index in [2.05, 4.69) is 0 Å². The molecule has 0 aliphatic carbocycles. The topological polar surface area (TPSA) is 54.5 Å². The first kappa shape index (κ1) is 14.1. The molecular weight excluding hydrogens is 262 g/mol. The minimum atomic E-state index is -2.97. The molecule has 19 heavy (non-hydrogen) atoms. The highest BCUT2D eigenvalue weighted by Crippen LogP contribution is 2.20. The van der Waals surface area contributed by atoms with Crippen molar-refractivity contribution in [3.8, 4) is 0 Å². The highest BCUT2D eigenvalue weighted by molar-refractivity contribution is 7.91. The third kappa shape index (κ3) is 3.15. The summed E-state index contributed by atoms with van der Waals surface area (Å²) < 4.78 is 23.1. The molecule has 0 aromatic heterocycles. The number of amides is 1. The number of rotatable bonds is 3. The van der Waals surface area contributed by atoms with Gasteiger partial charge in [-0.3, -0.25) is 4.79 Å². The molecule has 0 spiro atoms. The molecule has 1 aromatic carbocycles. The molecule has 104 valence electrons. The third-order valence-electron chi connectivity index (χ3n) is 3.52. The van der Waals surface area contributed by atoms with Crippen LogP contribution in [0.15, 0.2) is 24.3 Å². The lowest BCUT2D eigenvalue weighted by Gasteiger charge is -2.27. The van der Waals surface area contributed by atoms with E-state index in [4.69, 9.17) is 0 Å². The van der Waals surface area contributed by atoms with Gasteiger partial charge in [0.15, 0.2) is 9.84 Å². The zero-order chi connectivity index (χ0) is 14.0. The van der Waals surface area contributed by atoms with E-state index in [1.54, 1.807) is 11.0 Å². The van der Waals surface area contributed by atoms with Gasteiger partial charge in [-0.15, -0.1) is 0 Å². The van der Waals surface area contributed by atoms with Crippen LogP contribution in [0, 0.1) is 6.92 Å². The average molecular weight is 281 g/mol. The van der Waals surface area contributed by atoms with Crippen LogP contribution in [0.4, 0.5) is 0 Å². The van der Waals surface area contributed by atoms with Gasteiger partial charge in [-0.25, -0.2) is 8.42 Å². The van der Waals surface area contributed by atoms with Crippen molar-refractivity contribution < 1.29 is 13.2 Å². The van der Waals surface area contributed by atoms with E-state index in [-0.39, 0.29) is 23.5 Å². The minimum Gasteiger partial charge on any atom is -0.335 e. The Bertz CT molecular complexity index is 580. The molecule has 1 heterocycles. The van der Waals surface area contributed by atoms with Gasteiger partial charge in [0.2, 0.25) is 0 Å². The summed E-state index contributed by atoms with van der Waals surface area (Å²) in [7, 11) is -2.97. The predicted octanol–water partition coefficient (Wildman–Crippen LogP) is 1.64. The van der Waals surface area contributed by atoms with Crippen LogP contribution in [0.1, 0.15) is 29.3 Å². The van der Waals surface area contributed by atoms with E-state index in [0.717, 1.165) is 5.56 Å². The summed E-state index contributed by atoms with van der Waals surface area (Å²) in [6, 6.07) is 7.23. The molecule has 1 unspecified atom stereocenters. The second kappa shape index (κ2) is 5.33. The van der Waals surface area contributed by atoms with Gasteiger partial charge in [-0.2, -0.15) is 0 Å². The fraction of sp³-hybridized carbons (Fsp3) is 0.500. The van der Waals surface area contributed by atoms with Gasteiger partial charge in [0, 0.05) is 18.2 Å². The molecule has 5 heteroatoms. The lowest BCUT2D eigenvalue weighted by molar-refractivity contribution is 0.0708. The Morgan fingerprint density at radius 2 is 2.16 bits per heavy atom. The summed E-state index contributed by atoms with van der Waals surface area (Å²) in [4.78, 5) is 14.1. The average Bonchev–Trinajstić information content (AvgIpc) is 2.70. The Hall–Kier alpha value is -1.36. The Morgan fingerprint density at radius 3 is 2.68 bits per heavy atom. The van der Waals surface area contributed by atoms with Crippen LogP contribution in [0.2, 0.25) is 0 Å². The van der Waals surface area contributed by atoms with Gasteiger partial charge >= 0.3 is 0 Å². The molecule has 1 aromatic rings. The van der Waals surface area contributed by atoms with Crippen molar-refractivity contribution in [1.82, 2.24) is 4.90 Å². The fourth-order valence-corrected chi connectivity index (χ4v) is 4.26. The molecule has 0 N–H and O–H groups in total. The van der Waals surface area contributed by atoms with Gasteiger partial charge in [0.1, 0.15) is 0 Å². The van der Waals surface area contributed by atoms with Crippen LogP contribution in [0.5, 0.6) is 0 Å². The molecule has 0 radical (unpaired) electrons. The predicted molar refractivity (Wildman–Crippen MR) is 74.9 cm³/mol. The monoisotopic (exact) mass is 281 g/mol. The smallest absolute Gasteiger partial charge is 0.254 e. The van der Waals surface area contributed by atoms with E-state index in [9.17, 15) is 13.2 Å². The van der Waals surface area contributed by atoms with E-state index >= 15 is 0 Å². The van der Waals surface area contributed by atoms with Crippen molar-refractivity contribution >= 4 is 15.7 Å². The van der Waals surface area contributed by atoms with Crippen LogP contribution in [0.3, 0.4) is 0 Å². The molecule has 1 saturated heterocycles. The largest absolute Gasteiger partial charge is 0.335 e. The van der Waals surface area contributed by atoms with Crippen molar-refractivity contribution in [3.05, 3.63) is 35.4 Å². The summed E-state index contributed by atoms with van der Waals surface area (Å²) in [6.07, 6.45) is 0.549. The Balaban J connectivity index is 2.21. The Morgan fingerprint density at radius 1 is 1.42 bits per heavy atom. The van der Waals surface area contributed by atoms with Crippen LogP contribution >= 0.6 is 0 Å². The van der Waals surface area contributed by atoms with E-state index in [1.807, 2.05) is 32.0 Å². The summed E-state index contributed by atoms with van der Waals surface area (Å²) in [5.41, 5.74) is 1.66. The summed E-state index contributed by atoms with van der Waals surface area (Å²) >= 11 is 0. The van der Waals surface area contributed by atoms with Gasteiger partial charge in [-0.05, 0) is 32.4 Å². The highest BCUT2D eigenvalue weighted by atomic mass is 32.2. The van der Waals surface area contributed by atoms with Crippen LogP contribution in [-0.4, -0.2) is 43.3 Å². The summed E-state index contributed by atoms with van der Waals surface area (Å²) in [5, 5.41) is 0. The maximum absolute atomic E-state index is 12.5. The van der Waals surface area contributed by atoms with Crippen LogP contribution in [0.25, 0.3) is 0 Å². The lowest BCUT2D eigenvalue weighted by Crippen LogP contribution is -2.41. The first-order valence-electron chi connectivity index (χ1n) is 6.51. The molecule has 1 atom stereocenters. The number of hydrogen-bond donors (Lipinski definition) is 0. The highest BCUT2D eigenvalue weighted by Gasteiger charge is 2.34. The van der Waals surface area contributed by atoms with Gasteiger partial charge in [0.05, 0.1) is 11.5 Å². The van der Waals surface area contributed by atoms with Crippen molar-refractivity contribution in [1.29, 1.82) is 0 Å². The molecule has 1 aliphatic heterocycles. The maximum Gasteiger partial charge on any atom is 0.254 e.